The molecule has 3 atom stereocenters. The largest absolute Gasteiger partial charge is 0.544 e. The molecule has 0 heterocycles. The Balaban J connectivity index is 4.59. The van der Waals surface area contributed by atoms with Crippen LogP contribution in [0.25, 0.3) is 0 Å². The van der Waals surface area contributed by atoms with Gasteiger partial charge in [0.05, 0.1) is 21.1 Å². The van der Waals surface area contributed by atoms with Crippen molar-refractivity contribution in [1.29, 1.82) is 0 Å². The van der Waals surface area contributed by atoms with E-state index in [9.17, 15) is 24.4 Å². The Morgan fingerprint density at radius 1 is 0.615 bits per heavy atom. The lowest BCUT2D eigenvalue weighted by molar-refractivity contribution is -0.870. The van der Waals surface area contributed by atoms with Gasteiger partial charge < -0.3 is 14.7 Å². The molecule has 0 aromatic heterocycles. The second kappa shape index (κ2) is 34.3. The molecule has 0 aliphatic rings. The molecule has 0 bridgehead atoms. The van der Waals surface area contributed by atoms with Crippen molar-refractivity contribution in [2.24, 2.45) is 0 Å². The summed E-state index contributed by atoms with van der Waals surface area (Å²) < 4.78 is 18.9. The normalized spacial score (nSPS) is 14.3. The monoisotopic (exact) mass is 754 g/mol. The van der Waals surface area contributed by atoms with Crippen LogP contribution in [0.15, 0.2) is 24.3 Å². The van der Waals surface area contributed by atoms with E-state index in [2.05, 4.69) is 38.2 Å². The maximum absolute atomic E-state index is 13.4. The van der Waals surface area contributed by atoms with Gasteiger partial charge in [0.25, 0.3) is 0 Å². The summed E-state index contributed by atoms with van der Waals surface area (Å²) in [6.45, 7) is 5.15. The highest BCUT2D eigenvalue weighted by atomic mass is 31.1. The summed E-state index contributed by atoms with van der Waals surface area (Å²) in [7, 11) is 3.14. The summed E-state index contributed by atoms with van der Waals surface area (Å²) >= 11 is 0. The van der Waals surface area contributed by atoms with Crippen molar-refractivity contribution in [2.45, 2.75) is 211 Å². The molecule has 0 spiro atoms. The van der Waals surface area contributed by atoms with Crippen LogP contribution in [-0.2, 0) is 18.7 Å². The standard InChI is InChI=1S/C44H84NO6P/c1-6-8-10-12-14-16-18-20-22-24-26-28-30-32-34-36-41(46)40-44(49,43(48)52(50)51-39-38-45(3,4)5)42(47)37-35-33-31-29-27-25-23-21-19-17-15-13-11-9-7-2/h20-23,43,48-49H,6-19,24-40H2,1-5H3/q+2/b22-20-,23-21-. The van der Waals surface area contributed by atoms with E-state index in [1.54, 1.807) is 0 Å². The van der Waals surface area contributed by atoms with Gasteiger partial charge in [-0.3, -0.25) is 9.59 Å². The first-order chi connectivity index (χ1) is 25.0. The van der Waals surface area contributed by atoms with Gasteiger partial charge in [-0.2, -0.15) is 0 Å². The smallest absolute Gasteiger partial charge is 0.375 e. The number of aliphatic hydroxyl groups excluding tert-OH is 1. The Kier molecular flexibility index (Phi) is 33.4. The summed E-state index contributed by atoms with van der Waals surface area (Å²) in [4.78, 5) is 26.4. The Morgan fingerprint density at radius 3 is 1.38 bits per heavy atom. The predicted molar refractivity (Wildman–Crippen MR) is 221 cm³/mol. The number of rotatable bonds is 39. The van der Waals surface area contributed by atoms with Gasteiger partial charge in [-0.05, 0) is 68.8 Å². The number of likely N-dealkylation sites (N-methyl/N-ethyl adjacent to an activating group) is 1. The van der Waals surface area contributed by atoms with E-state index in [0.717, 1.165) is 70.6 Å². The van der Waals surface area contributed by atoms with E-state index >= 15 is 0 Å². The number of allylic oxidation sites excluding steroid dienone is 4. The van der Waals surface area contributed by atoms with Crippen LogP contribution in [-0.4, -0.2) is 72.0 Å². The number of carbonyl (C=O) groups is 2. The Morgan fingerprint density at radius 2 is 0.981 bits per heavy atom. The molecule has 304 valence electrons. The molecule has 0 rings (SSSR count). The second-order valence-electron chi connectivity index (χ2n) is 16.2. The summed E-state index contributed by atoms with van der Waals surface area (Å²) in [6.07, 6.45) is 38.7. The van der Waals surface area contributed by atoms with Crippen molar-refractivity contribution in [1.82, 2.24) is 0 Å². The molecule has 0 radical (unpaired) electrons. The van der Waals surface area contributed by atoms with Crippen LogP contribution in [0.3, 0.4) is 0 Å². The third-order valence-electron chi connectivity index (χ3n) is 9.94. The molecule has 7 nitrogen and oxygen atoms in total. The predicted octanol–water partition coefficient (Wildman–Crippen LogP) is 12.1. The van der Waals surface area contributed by atoms with Gasteiger partial charge in [-0.15, -0.1) is 4.52 Å². The minimum absolute atomic E-state index is 0.0362. The molecule has 8 heteroatoms. The molecule has 0 aromatic carbocycles. The zero-order valence-corrected chi connectivity index (χ0v) is 35.6. The fraction of sp³-hybridized carbons (Fsp3) is 0.864. The Hall–Kier alpha value is -1.24. The lowest BCUT2D eigenvalue weighted by Crippen LogP contribution is -2.50. The average molecular weight is 754 g/mol. The number of aliphatic hydroxyl groups is 2. The number of carbonyl (C=O) groups excluding carboxylic acids is 2. The molecule has 0 saturated carbocycles. The number of ketones is 2. The van der Waals surface area contributed by atoms with E-state index < -0.39 is 31.7 Å². The van der Waals surface area contributed by atoms with Crippen LogP contribution in [0.4, 0.5) is 0 Å². The third-order valence-corrected chi connectivity index (χ3v) is 11.2. The molecule has 52 heavy (non-hydrogen) atoms. The van der Waals surface area contributed by atoms with Crippen LogP contribution >= 0.6 is 8.03 Å². The first-order valence-electron chi connectivity index (χ1n) is 21.6. The van der Waals surface area contributed by atoms with Crippen molar-refractivity contribution >= 4 is 19.6 Å². The van der Waals surface area contributed by atoms with Crippen molar-refractivity contribution in [2.75, 3.05) is 34.3 Å². The number of hydrogen-bond acceptors (Lipinski definition) is 6. The molecule has 2 N–H and O–H groups in total. The SMILES string of the molecule is CCCCCCCC/C=C\CCCCCCCC(=O)CC(O)(C(=O)CCCCCCC/C=C\CCCCCCCC)C(O)[P+](=O)OCC[N+](C)(C)C. The molecule has 0 amide bonds. The molecular formula is C44H84NO6P+2. The van der Waals surface area contributed by atoms with E-state index in [1.807, 2.05) is 21.1 Å². The highest BCUT2D eigenvalue weighted by molar-refractivity contribution is 7.40. The van der Waals surface area contributed by atoms with Crippen LogP contribution < -0.4 is 0 Å². The topological polar surface area (TPSA) is 101 Å². The van der Waals surface area contributed by atoms with E-state index in [4.69, 9.17) is 4.52 Å². The Bertz CT molecular complexity index is 946. The van der Waals surface area contributed by atoms with Crippen LogP contribution in [0.5, 0.6) is 0 Å². The number of Topliss-reactive ketones (excluding diaryl/α,β-unsaturated/α-hetero) is 2. The number of hydrogen-bond donors (Lipinski definition) is 2. The van der Waals surface area contributed by atoms with Crippen LogP contribution in [0, 0.1) is 0 Å². The second-order valence-corrected chi connectivity index (χ2v) is 17.6. The fourth-order valence-electron chi connectivity index (χ4n) is 6.34. The average Bonchev–Trinajstić information content (AvgIpc) is 3.10. The zero-order valence-electron chi connectivity index (χ0n) is 34.7. The zero-order chi connectivity index (χ0) is 38.8. The third kappa shape index (κ3) is 30.1. The summed E-state index contributed by atoms with van der Waals surface area (Å²) in [5.41, 5.74) is -2.40. The lowest BCUT2D eigenvalue weighted by atomic mass is 9.88. The van der Waals surface area contributed by atoms with E-state index in [0.29, 0.717) is 23.9 Å². The molecule has 0 aliphatic carbocycles. The van der Waals surface area contributed by atoms with Gasteiger partial charge in [0.15, 0.2) is 12.4 Å². The first-order valence-corrected chi connectivity index (χ1v) is 22.9. The summed E-state index contributed by atoms with van der Waals surface area (Å²) in [6, 6.07) is 0. The first kappa shape index (κ1) is 50.8. The molecule has 0 fully saturated rings. The van der Waals surface area contributed by atoms with Gasteiger partial charge in [0.2, 0.25) is 5.60 Å². The highest BCUT2D eigenvalue weighted by Gasteiger charge is 2.55. The number of quaternary nitrogens is 1. The van der Waals surface area contributed by atoms with E-state index in [1.165, 1.54) is 83.5 Å². The van der Waals surface area contributed by atoms with Crippen LogP contribution in [0.1, 0.15) is 200 Å². The highest BCUT2D eigenvalue weighted by Crippen LogP contribution is 2.38. The van der Waals surface area contributed by atoms with Gasteiger partial charge in [0.1, 0.15) is 12.3 Å². The number of nitrogens with zero attached hydrogens (tertiary/aromatic N) is 1. The fourth-order valence-corrected chi connectivity index (χ4v) is 7.32. The van der Waals surface area contributed by atoms with Crippen molar-refractivity contribution in [3.63, 3.8) is 0 Å². The molecular weight excluding hydrogens is 669 g/mol. The maximum Gasteiger partial charge on any atom is 0.544 e. The van der Waals surface area contributed by atoms with Crippen molar-refractivity contribution < 1.29 is 33.4 Å². The summed E-state index contributed by atoms with van der Waals surface area (Å²) in [5.74, 6) is -2.84. The quantitative estimate of drug-likeness (QED) is 0.0280. The lowest BCUT2D eigenvalue weighted by Gasteiger charge is -2.25. The van der Waals surface area contributed by atoms with Gasteiger partial charge in [-0.25, -0.2) is 0 Å². The van der Waals surface area contributed by atoms with Gasteiger partial charge in [-0.1, -0.05) is 141 Å². The van der Waals surface area contributed by atoms with Crippen LogP contribution in [0.2, 0.25) is 0 Å². The molecule has 0 saturated heterocycles. The van der Waals surface area contributed by atoms with Gasteiger partial charge in [0, 0.05) is 19.3 Å². The molecule has 0 aliphatic heterocycles. The van der Waals surface area contributed by atoms with Crippen molar-refractivity contribution in [3.8, 4) is 0 Å². The minimum Gasteiger partial charge on any atom is -0.375 e. The number of unbranched alkanes of at least 4 members (excludes halogenated alkanes) is 22. The Labute approximate surface area is 322 Å². The van der Waals surface area contributed by atoms with Gasteiger partial charge >= 0.3 is 13.9 Å². The maximum atomic E-state index is 13.4. The van der Waals surface area contributed by atoms with Crippen molar-refractivity contribution in [3.05, 3.63) is 24.3 Å². The van der Waals surface area contributed by atoms with E-state index in [-0.39, 0.29) is 25.2 Å². The molecule has 3 unspecified atom stereocenters. The molecule has 0 aromatic rings. The summed E-state index contributed by atoms with van der Waals surface area (Å²) in [5, 5.41) is 22.5. The minimum atomic E-state index is -2.76.